The van der Waals surface area contributed by atoms with Crippen LogP contribution in [-0.2, 0) is 12.1 Å². The zero-order valence-electron chi connectivity index (χ0n) is 16.3. The Hall–Kier alpha value is -2.81. The molecule has 0 aliphatic carbocycles. The number of halogens is 4. The molecule has 2 atom stereocenters. The molecule has 0 bridgehead atoms. The largest absolute Gasteiger partial charge is 0.381 e. The van der Waals surface area contributed by atoms with Crippen molar-refractivity contribution in [1.29, 1.82) is 0 Å². The number of benzene rings is 2. The molecule has 31 heavy (non-hydrogen) atoms. The average Bonchev–Trinajstić information content (AvgIpc) is 3.39. The van der Waals surface area contributed by atoms with Crippen LogP contribution in [0.4, 0.5) is 8.78 Å². The number of hydrogen-bond donors (Lipinski definition) is 1. The zero-order valence-corrected chi connectivity index (χ0v) is 17.8. The molecule has 2 aromatic carbocycles. The molecule has 6 nitrogen and oxygen atoms in total. The first kappa shape index (κ1) is 21.4. The first-order valence-corrected chi connectivity index (χ1v) is 10.0. The summed E-state index contributed by atoms with van der Waals surface area (Å²) in [6.45, 7) is 1.53. The lowest BCUT2D eigenvalue weighted by atomic mass is 9.86. The van der Waals surface area contributed by atoms with Crippen molar-refractivity contribution in [2.45, 2.75) is 25.1 Å². The number of rotatable bonds is 6. The van der Waals surface area contributed by atoms with Gasteiger partial charge < -0.3 is 5.11 Å². The van der Waals surface area contributed by atoms with Crippen LogP contribution >= 0.6 is 23.2 Å². The molecule has 0 fully saturated rings. The van der Waals surface area contributed by atoms with Crippen molar-refractivity contribution < 1.29 is 13.9 Å². The minimum absolute atomic E-state index is 0.0967. The van der Waals surface area contributed by atoms with Crippen LogP contribution in [0.1, 0.15) is 18.5 Å². The monoisotopic (exact) mass is 463 g/mol. The van der Waals surface area contributed by atoms with Gasteiger partial charge in [-0.25, -0.2) is 18.4 Å². The Labute approximate surface area is 186 Å². The summed E-state index contributed by atoms with van der Waals surface area (Å²) in [4.78, 5) is 3.88. The van der Waals surface area contributed by atoms with E-state index < -0.39 is 23.3 Å². The fourth-order valence-electron chi connectivity index (χ4n) is 3.58. The predicted octanol–water partition coefficient (Wildman–Crippen LogP) is 4.88. The molecular weight excluding hydrogens is 447 g/mol. The highest BCUT2D eigenvalue weighted by molar-refractivity contribution is 6.36. The van der Waals surface area contributed by atoms with Crippen molar-refractivity contribution in [2.24, 2.45) is 0 Å². The smallest absolute Gasteiger partial charge is 0.137 e. The van der Waals surface area contributed by atoms with Gasteiger partial charge in [-0.3, -0.25) is 4.68 Å². The standard InChI is InChI=1S/C21H17Cl2F2N5O/c1-13(30-20(6-7-27-30)16-4-2-14(22)8-18(16)23)21(31,10-29-12-26-11-28-29)17-5-3-15(24)9-19(17)25/h2-9,11-13,31H,10H2,1H3/t13-,21-/m1/s1. The first-order valence-electron chi connectivity index (χ1n) is 9.29. The van der Waals surface area contributed by atoms with E-state index >= 15 is 0 Å². The Morgan fingerprint density at radius 3 is 2.58 bits per heavy atom. The number of hydrogen-bond acceptors (Lipinski definition) is 4. The third-order valence-electron chi connectivity index (χ3n) is 5.20. The molecule has 4 rings (SSSR count). The van der Waals surface area contributed by atoms with Crippen LogP contribution in [0.5, 0.6) is 0 Å². The Kier molecular flexibility index (Phi) is 5.79. The highest BCUT2D eigenvalue weighted by Gasteiger charge is 2.41. The molecule has 2 aromatic heterocycles. The summed E-state index contributed by atoms with van der Waals surface area (Å²) in [7, 11) is 0. The van der Waals surface area contributed by atoms with Gasteiger partial charge in [-0.2, -0.15) is 10.2 Å². The Bertz CT molecular complexity index is 1210. The topological polar surface area (TPSA) is 68.8 Å². The van der Waals surface area contributed by atoms with Crippen molar-refractivity contribution >= 4 is 23.2 Å². The molecule has 0 unspecified atom stereocenters. The fourth-order valence-corrected chi connectivity index (χ4v) is 4.09. The molecule has 2 heterocycles. The van der Waals surface area contributed by atoms with E-state index in [2.05, 4.69) is 15.2 Å². The van der Waals surface area contributed by atoms with Gasteiger partial charge >= 0.3 is 0 Å². The lowest BCUT2D eigenvalue weighted by molar-refractivity contribution is -0.0363. The maximum atomic E-state index is 14.8. The van der Waals surface area contributed by atoms with Crippen molar-refractivity contribution in [1.82, 2.24) is 24.5 Å². The summed E-state index contributed by atoms with van der Waals surface area (Å²) in [6, 6.07) is 8.98. The van der Waals surface area contributed by atoms with Crippen LogP contribution < -0.4 is 0 Å². The van der Waals surface area contributed by atoms with Gasteiger partial charge in [0.15, 0.2) is 0 Å². The van der Waals surface area contributed by atoms with Gasteiger partial charge in [0, 0.05) is 28.4 Å². The summed E-state index contributed by atoms with van der Waals surface area (Å²) in [5, 5.41) is 21.0. The molecule has 4 aromatic rings. The van der Waals surface area contributed by atoms with Crippen LogP contribution in [0.3, 0.4) is 0 Å². The lowest BCUT2D eigenvalue weighted by Crippen LogP contribution is -2.41. The summed E-state index contributed by atoms with van der Waals surface area (Å²) in [6.07, 6.45) is 4.26. The van der Waals surface area contributed by atoms with E-state index in [1.165, 1.54) is 28.1 Å². The normalized spacial score (nSPS) is 14.4. The highest BCUT2D eigenvalue weighted by Crippen LogP contribution is 2.39. The third kappa shape index (κ3) is 4.06. The highest BCUT2D eigenvalue weighted by atomic mass is 35.5. The Morgan fingerprint density at radius 2 is 1.90 bits per heavy atom. The molecule has 0 aliphatic heterocycles. The maximum absolute atomic E-state index is 14.8. The van der Waals surface area contributed by atoms with Crippen LogP contribution in [0.15, 0.2) is 61.3 Å². The van der Waals surface area contributed by atoms with E-state index in [0.29, 0.717) is 21.3 Å². The van der Waals surface area contributed by atoms with E-state index in [0.717, 1.165) is 12.1 Å². The van der Waals surface area contributed by atoms with Gasteiger partial charge in [0.2, 0.25) is 0 Å². The fraction of sp³-hybridized carbons (Fsp3) is 0.190. The number of aromatic nitrogens is 5. The van der Waals surface area contributed by atoms with Crippen LogP contribution in [0.2, 0.25) is 10.0 Å². The minimum atomic E-state index is -1.86. The van der Waals surface area contributed by atoms with Gasteiger partial charge in [-0.15, -0.1) is 0 Å². The van der Waals surface area contributed by atoms with Gasteiger partial charge in [-0.1, -0.05) is 29.3 Å². The number of nitrogens with zero attached hydrogens (tertiary/aromatic N) is 5. The molecule has 10 heteroatoms. The van der Waals surface area contributed by atoms with Gasteiger partial charge in [-0.05, 0) is 37.3 Å². The summed E-state index contributed by atoms with van der Waals surface area (Å²) in [5.74, 6) is -1.63. The molecule has 0 saturated heterocycles. The van der Waals surface area contributed by atoms with Crippen molar-refractivity contribution in [2.75, 3.05) is 0 Å². The lowest BCUT2D eigenvalue weighted by Gasteiger charge is -2.35. The quantitative estimate of drug-likeness (QED) is 0.442. The second kappa shape index (κ2) is 8.37. The van der Waals surface area contributed by atoms with E-state index in [-0.39, 0.29) is 12.1 Å². The SMILES string of the molecule is C[C@@H](n1nccc1-c1ccc(Cl)cc1Cl)[C@](O)(Cn1cncn1)c1ccc(F)cc1F. The molecule has 0 radical (unpaired) electrons. The average molecular weight is 464 g/mol. The molecule has 0 spiro atoms. The Morgan fingerprint density at radius 1 is 1.10 bits per heavy atom. The molecule has 0 aliphatic rings. The zero-order chi connectivity index (χ0) is 22.2. The number of aliphatic hydroxyl groups is 1. The van der Waals surface area contributed by atoms with Gasteiger partial charge in [0.25, 0.3) is 0 Å². The molecular formula is C21H17Cl2F2N5O. The van der Waals surface area contributed by atoms with Crippen molar-refractivity contribution in [3.63, 3.8) is 0 Å². The third-order valence-corrected chi connectivity index (χ3v) is 5.75. The van der Waals surface area contributed by atoms with Gasteiger partial charge in [0.1, 0.15) is 29.9 Å². The van der Waals surface area contributed by atoms with Crippen molar-refractivity contribution in [3.05, 3.63) is 88.6 Å². The Balaban J connectivity index is 1.84. The van der Waals surface area contributed by atoms with Gasteiger partial charge in [0.05, 0.1) is 23.3 Å². The maximum Gasteiger partial charge on any atom is 0.137 e. The second-order valence-electron chi connectivity index (χ2n) is 7.10. The first-order chi connectivity index (χ1) is 14.8. The molecule has 0 saturated carbocycles. The second-order valence-corrected chi connectivity index (χ2v) is 7.95. The van der Waals surface area contributed by atoms with Crippen LogP contribution in [-0.4, -0.2) is 29.7 Å². The van der Waals surface area contributed by atoms with Crippen LogP contribution in [0, 0.1) is 11.6 Å². The van der Waals surface area contributed by atoms with E-state index in [1.807, 2.05) is 0 Å². The van der Waals surface area contributed by atoms with E-state index in [9.17, 15) is 13.9 Å². The van der Waals surface area contributed by atoms with Crippen LogP contribution in [0.25, 0.3) is 11.3 Å². The molecule has 0 amide bonds. The summed E-state index contributed by atoms with van der Waals surface area (Å²) >= 11 is 12.4. The van der Waals surface area contributed by atoms with E-state index in [1.54, 1.807) is 37.4 Å². The minimum Gasteiger partial charge on any atom is -0.381 e. The van der Waals surface area contributed by atoms with Crippen molar-refractivity contribution in [3.8, 4) is 11.3 Å². The van der Waals surface area contributed by atoms with E-state index in [4.69, 9.17) is 23.2 Å². The predicted molar refractivity (Wildman–Crippen MR) is 113 cm³/mol. The summed E-state index contributed by atoms with van der Waals surface area (Å²) < 4.78 is 31.3. The molecule has 160 valence electrons. The molecule has 1 N–H and O–H groups in total. The summed E-state index contributed by atoms with van der Waals surface area (Å²) in [5.41, 5.74) is -0.724.